The third-order valence-corrected chi connectivity index (χ3v) is 4.23. The summed E-state index contributed by atoms with van der Waals surface area (Å²) in [5.74, 6) is 1.04. The highest BCUT2D eigenvalue weighted by Gasteiger charge is 2.16. The van der Waals surface area contributed by atoms with Crippen molar-refractivity contribution in [1.29, 1.82) is 0 Å². The summed E-state index contributed by atoms with van der Waals surface area (Å²) in [5, 5.41) is 3.21. The number of hydrogen-bond acceptors (Lipinski definition) is 6. The standard InChI is InChI=1S/C19H28N4O4/c1-3-5-13(6-4-7-18(24)21-9-8-20)27-17-10-14-15(11-16(17)26-2)22-12-23-19(14)25/h10-13H,3-9,20H2,1-2H3,(H,21,24)(H,22,23,25)/t13-/m0/s1. The highest BCUT2D eigenvalue weighted by atomic mass is 16.5. The van der Waals surface area contributed by atoms with E-state index in [1.165, 1.54) is 6.33 Å². The minimum atomic E-state index is -0.226. The Kier molecular flexibility index (Phi) is 8.06. The number of nitrogens with zero attached hydrogens (tertiary/aromatic N) is 1. The summed E-state index contributed by atoms with van der Waals surface area (Å²) in [6, 6.07) is 3.36. The quantitative estimate of drug-likeness (QED) is 0.549. The molecule has 2 aromatic rings. The van der Waals surface area contributed by atoms with Crippen LogP contribution < -0.4 is 26.1 Å². The lowest BCUT2D eigenvalue weighted by Gasteiger charge is -2.20. The van der Waals surface area contributed by atoms with Gasteiger partial charge >= 0.3 is 0 Å². The number of ether oxygens (including phenoxy) is 2. The van der Waals surface area contributed by atoms with Crippen molar-refractivity contribution < 1.29 is 14.3 Å². The van der Waals surface area contributed by atoms with Crippen LogP contribution in [-0.4, -0.2) is 42.2 Å². The first kappa shape index (κ1) is 20.7. The zero-order valence-corrected chi connectivity index (χ0v) is 15.9. The topological polar surface area (TPSA) is 119 Å². The minimum Gasteiger partial charge on any atom is -0.493 e. The normalized spacial score (nSPS) is 12.0. The van der Waals surface area contributed by atoms with Crippen LogP contribution in [0.5, 0.6) is 11.5 Å². The van der Waals surface area contributed by atoms with Gasteiger partial charge in [0.15, 0.2) is 11.5 Å². The Labute approximate surface area is 158 Å². The molecule has 2 rings (SSSR count). The van der Waals surface area contributed by atoms with E-state index in [1.54, 1.807) is 19.2 Å². The average Bonchev–Trinajstić information content (AvgIpc) is 2.66. The Balaban J connectivity index is 2.09. The maximum absolute atomic E-state index is 12.0. The van der Waals surface area contributed by atoms with E-state index < -0.39 is 0 Å². The number of aromatic amines is 1. The molecule has 1 atom stereocenters. The fourth-order valence-electron chi connectivity index (χ4n) is 2.88. The van der Waals surface area contributed by atoms with Crippen LogP contribution in [0.25, 0.3) is 10.9 Å². The van der Waals surface area contributed by atoms with Crippen molar-refractivity contribution in [3.05, 3.63) is 28.8 Å². The number of benzene rings is 1. The van der Waals surface area contributed by atoms with Crippen LogP contribution in [0.4, 0.5) is 0 Å². The highest BCUT2D eigenvalue weighted by Crippen LogP contribution is 2.32. The number of carbonyl (C=O) groups is 1. The molecular weight excluding hydrogens is 348 g/mol. The third-order valence-electron chi connectivity index (χ3n) is 4.23. The molecule has 0 unspecified atom stereocenters. The summed E-state index contributed by atoms with van der Waals surface area (Å²) in [4.78, 5) is 30.5. The highest BCUT2D eigenvalue weighted by molar-refractivity contribution is 5.81. The number of H-pyrrole nitrogens is 1. The summed E-state index contributed by atoms with van der Waals surface area (Å²) in [7, 11) is 1.55. The number of methoxy groups -OCH3 is 1. The van der Waals surface area contributed by atoms with E-state index in [2.05, 4.69) is 22.2 Å². The molecule has 0 bridgehead atoms. The number of aromatic nitrogens is 2. The van der Waals surface area contributed by atoms with Gasteiger partial charge in [-0.25, -0.2) is 4.98 Å². The summed E-state index contributed by atoms with van der Waals surface area (Å²) < 4.78 is 11.6. The van der Waals surface area contributed by atoms with E-state index in [9.17, 15) is 9.59 Å². The molecule has 0 aliphatic carbocycles. The average molecular weight is 376 g/mol. The van der Waals surface area contributed by atoms with Gasteiger partial charge in [-0.05, 0) is 25.3 Å². The van der Waals surface area contributed by atoms with Gasteiger partial charge in [0.1, 0.15) is 0 Å². The second-order valence-electron chi connectivity index (χ2n) is 6.31. The van der Waals surface area contributed by atoms with Crippen LogP contribution in [0, 0.1) is 0 Å². The number of nitrogens with one attached hydrogen (secondary N) is 2. The molecule has 0 aliphatic rings. The number of rotatable bonds is 11. The maximum Gasteiger partial charge on any atom is 0.258 e. The molecule has 1 amide bonds. The van der Waals surface area contributed by atoms with Gasteiger partial charge in [-0.2, -0.15) is 0 Å². The first-order valence-corrected chi connectivity index (χ1v) is 9.27. The second-order valence-corrected chi connectivity index (χ2v) is 6.31. The smallest absolute Gasteiger partial charge is 0.258 e. The van der Waals surface area contributed by atoms with E-state index in [0.717, 1.165) is 19.3 Å². The van der Waals surface area contributed by atoms with Crippen LogP contribution in [0.1, 0.15) is 39.0 Å². The SMILES string of the molecule is CCC[C@@H](CCCC(=O)NCCN)Oc1cc2c(=O)[nH]cnc2cc1OC. The van der Waals surface area contributed by atoms with Crippen LogP contribution in [0.2, 0.25) is 0 Å². The molecule has 1 heterocycles. The summed E-state index contributed by atoms with van der Waals surface area (Å²) in [6.45, 7) is 3.00. The molecule has 148 valence electrons. The predicted octanol–water partition coefficient (Wildman–Crippen LogP) is 1.72. The first-order chi connectivity index (χ1) is 13.1. The van der Waals surface area contributed by atoms with Crippen molar-refractivity contribution in [2.45, 2.75) is 45.1 Å². The number of carbonyl (C=O) groups excluding carboxylic acids is 1. The van der Waals surface area contributed by atoms with Crippen molar-refractivity contribution in [2.75, 3.05) is 20.2 Å². The molecular formula is C19H28N4O4. The lowest BCUT2D eigenvalue weighted by molar-refractivity contribution is -0.121. The largest absolute Gasteiger partial charge is 0.493 e. The van der Waals surface area contributed by atoms with Crippen LogP contribution in [0.3, 0.4) is 0 Å². The zero-order chi connectivity index (χ0) is 19.6. The second kappa shape index (κ2) is 10.5. The third kappa shape index (κ3) is 5.96. The molecule has 0 saturated heterocycles. The minimum absolute atomic E-state index is 0.00316. The number of nitrogens with two attached hydrogens (primary N) is 1. The van der Waals surface area contributed by atoms with Gasteiger partial charge < -0.3 is 25.5 Å². The molecule has 8 heteroatoms. The molecule has 0 radical (unpaired) electrons. The van der Waals surface area contributed by atoms with E-state index in [1.807, 2.05) is 0 Å². The van der Waals surface area contributed by atoms with Crippen LogP contribution in [0.15, 0.2) is 23.3 Å². The molecule has 1 aromatic heterocycles. The van der Waals surface area contributed by atoms with Crippen molar-refractivity contribution in [1.82, 2.24) is 15.3 Å². The zero-order valence-electron chi connectivity index (χ0n) is 15.9. The number of hydrogen-bond donors (Lipinski definition) is 3. The molecule has 0 aliphatic heterocycles. The summed E-state index contributed by atoms with van der Waals surface area (Å²) in [6.07, 6.45) is 4.95. The lowest BCUT2D eigenvalue weighted by atomic mass is 10.1. The van der Waals surface area contributed by atoms with Gasteiger partial charge in [-0.15, -0.1) is 0 Å². The Morgan fingerprint density at radius 3 is 2.85 bits per heavy atom. The van der Waals surface area contributed by atoms with E-state index in [4.69, 9.17) is 15.2 Å². The fraction of sp³-hybridized carbons (Fsp3) is 0.526. The van der Waals surface area contributed by atoms with Crippen LogP contribution in [-0.2, 0) is 4.79 Å². The lowest BCUT2D eigenvalue weighted by Crippen LogP contribution is -2.29. The summed E-state index contributed by atoms with van der Waals surface area (Å²) >= 11 is 0. The van der Waals surface area contributed by atoms with Crippen LogP contribution >= 0.6 is 0 Å². The molecule has 1 aromatic carbocycles. The number of amides is 1. The van der Waals surface area contributed by atoms with Crippen molar-refractivity contribution >= 4 is 16.8 Å². The molecule has 8 nitrogen and oxygen atoms in total. The molecule has 4 N–H and O–H groups in total. The van der Waals surface area contributed by atoms with Gasteiger partial charge in [0, 0.05) is 25.6 Å². The Hall–Kier alpha value is -2.61. The molecule has 0 fully saturated rings. The van der Waals surface area contributed by atoms with E-state index in [0.29, 0.717) is 48.3 Å². The van der Waals surface area contributed by atoms with E-state index >= 15 is 0 Å². The molecule has 0 spiro atoms. The van der Waals surface area contributed by atoms with E-state index in [-0.39, 0.29) is 17.6 Å². The predicted molar refractivity (Wildman–Crippen MR) is 104 cm³/mol. The van der Waals surface area contributed by atoms with Crippen molar-refractivity contribution in [3.8, 4) is 11.5 Å². The Morgan fingerprint density at radius 2 is 2.15 bits per heavy atom. The fourth-order valence-corrected chi connectivity index (χ4v) is 2.88. The Morgan fingerprint density at radius 1 is 1.33 bits per heavy atom. The van der Waals surface area contributed by atoms with Crippen molar-refractivity contribution in [3.63, 3.8) is 0 Å². The van der Waals surface area contributed by atoms with Gasteiger partial charge in [0.2, 0.25) is 5.91 Å². The van der Waals surface area contributed by atoms with Gasteiger partial charge in [-0.1, -0.05) is 13.3 Å². The Bertz CT molecular complexity index is 806. The first-order valence-electron chi connectivity index (χ1n) is 9.27. The molecule has 0 saturated carbocycles. The van der Waals surface area contributed by atoms with Crippen molar-refractivity contribution in [2.24, 2.45) is 5.73 Å². The van der Waals surface area contributed by atoms with Gasteiger partial charge in [0.05, 0.1) is 30.4 Å². The number of fused-ring (bicyclic) bond motifs is 1. The maximum atomic E-state index is 12.0. The van der Waals surface area contributed by atoms with Gasteiger partial charge in [0.25, 0.3) is 5.56 Å². The monoisotopic (exact) mass is 376 g/mol. The van der Waals surface area contributed by atoms with Gasteiger partial charge in [-0.3, -0.25) is 9.59 Å². The molecule has 27 heavy (non-hydrogen) atoms. The summed E-state index contributed by atoms with van der Waals surface area (Å²) in [5.41, 5.74) is 5.70.